The number of nitrogens with two attached hydrogens (primary N) is 1. The van der Waals surface area contributed by atoms with Crippen LogP contribution in [-0.4, -0.2) is 54.5 Å². The minimum Gasteiger partial charge on any atom is -0.340 e. The monoisotopic (exact) mass is 283 g/mol. The van der Waals surface area contributed by atoms with Crippen LogP contribution in [0.25, 0.3) is 0 Å². The molecule has 102 valence electrons. The van der Waals surface area contributed by atoms with E-state index < -0.39 is 0 Å². The van der Waals surface area contributed by atoms with Crippen molar-refractivity contribution in [2.24, 2.45) is 5.73 Å². The summed E-state index contributed by atoms with van der Waals surface area (Å²) >= 11 is 0. The summed E-state index contributed by atoms with van der Waals surface area (Å²) in [4.78, 5) is 15.9. The van der Waals surface area contributed by atoms with Gasteiger partial charge in [0.25, 0.3) is 0 Å². The third kappa shape index (κ3) is 4.28. The molecule has 2 aliphatic rings. The second-order valence-electron chi connectivity index (χ2n) is 4.58. The number of nitrogens with zero attached hydrogens (tertiary/aromatic N) is 2. The molecule has 1 amide bonds. The van der Waals surface area contributed by atoms with Crippen LogP contribution < -0.4 is 5.73 Å². The van der Waals surface area contributed by atoms with Gasteiger partial charge >= 0.3 is 0 Å². The molecule has 0 radical (unpaired) electrons. The number of piperidine rings is 1. The first-order valence-electron chi connectivity index (χ1n) is 6.03. The van der Waals surface area contributed by atoms with Gasteiger partial charge in [-0.15, -0.1) is 24.8 Å². The Morgan fingerprint density at radius 1 is 1.12 bits per heavy atom. The van der Waals surface area contributed by atoms with Crippen LogP contribution in [0.3, 0.4) is 0 Å². The predicted molar refractivity (Wildman–Crippen MR) is 74.0 cm³/mol. The highest BCUT2D eigenvalue weighted by Crippen LogP contribution is 2.19. The van der Waals surface area contributed by atoms with Crippen LogP contribution in [-0.2, 0) is 4.79 Å². The van der Waals surface area contributed by atoms with Gasteiger partial charge in [0.05, 0.1) is 6.54 Å². The molecule has 6 heteroatoms. The lowest BCUT2D eigenvalue weighted by Gasteiger charge is -2.32. The van der Waals surface area contributed by atoms with Gasteiger partial charge in [0.1, 0.15) is 0 Å². The van der Waals surface area contributed by atoms with Crippen molar-refractivity contribution >= 4 is 30.7 Å². The highest BCUT2D eigenvalue weighted by atomic mass is 35.5. The lowest BCUT2D eigenvalue weighted by atomic mass is 10.1. The number of likely N-dealkylation sites (tertiary alicyclic amines) is 2. The van der Waals surface area contributed by atoms with Crippen LogP contribution in [0.5, 0.6) is 0 Å². The Bertz CT molecular complexity index is 235. The molecule has 0 saturated carbocycles. The van der Waals surface area contributed by atoms with Gasteiger partial charge in [-0.3, -0.25) is 9.69 Å². The second kappa shape index (κ2) is 8.14. The van der Waals surface area contributed by atoms with E-state index in [1.54, 1.807) is 0 Å². The summed E-state index contributed by atoms with van der Waals surface area (Å²) < 4.78 is 0. The Balaban J connectivity index is 0.00000128. The molecular weight excluding hydrogens is 261 g/mol. The van der Waals surface area contributed by atoms with E-state index in [-0.39, 0.29) is 37.3 Å². The minimum atomic E-state index is 0. The molecule has 0 aromatic rings. The topological polar surface area (TPSA) is 49.6 Å². The van der Waals surface area contributed by atoms with Crippen molar-refractivity contribution in [3.8, 4) is 0 Å². The summed E-state index contributed by atoms with van der Waals surface area (Å²) in [6.07, 6.45) is 5.14. The first kappa shape index (κ1) is 17.0. The van der Waals surface area contributed by atoms with E-state index in [4.69, 9.17) is 5.73 Å². The Hall–Kier alpha value is -0.0300. The Labute approximate surface area is 116 Å². The van der Waals surface area contributed by atoms with Crippen molar-refractivity contribution in [1.29, 1.82) is 0 Å². The molecule has 1 unspecified atom stereocenters. The zero-order chi connectivity index (χ0) is 10.7. The normalized spacial score (nSPS) is 25.0. The number of carbonyl (C=O) groups is 1. The molecule has 0 aliphatic carbocycles. The fraction of sp³-hybridized carbons (Fsp3) is 0.909. The molecule has 1 atom stereocenters. The Kier molecular flexibility index (Phi) is 8.12. The summed E-state index contributed by atoms with van der Waals surface area (Å²) in [5.74, 6) is 0.106. The molecule has 2 aliphatic heterocycles. The van der Waals surface area contributed by atoms with E-state index in [1.807, 2.05) is 4.90 Å². The van der Waals surface area contributed by atoms with Crippen LogP contribution in [0.15, 0.2) is 0 Å². The number of halogens is 2. The molecule has 2 rings (SSSR count). The second-order valence-corrected chi connectivity index (χ2v) is 4.58. The summed E-state index contributed by atoms with van der Waals surface area (Å²) in [6.45, 7) is 4.39. The number of carbonyl (C=O) groups excluding carboxylic acids is 1. The Morgan fingerprint density at radius 3 is 2.35 bits per heavy atom. The van der Waals surface area contributed by atoms with Crippen molar-refractivity contribution in [1.82, 2.24) is 9.80 Å². The fourth-order valence-electron chi connectivity index (χ4n) is 2.68. The van der Waals surface area contributed by atoms with E-state index >= 15 is 0 Å². The zero-order valence-corrected chi connectivity index (χ0v) is 11.8. The molecule has 4 nitrogen and oxygen atoms in total. The Morgan fingerprint density at radius 2 is 1.76 bits per heavy atom. The fourth-order valence-corrected chi connectivity index (χ4v) is 2.68. The molecule has 0 aromatic carbocycles. The summed E-state index contributed by atoms with van der Waals surface area (Å²) in [6, 6.07) is 0.598. The molecule has 2 N–H and O–H groups in total. The lowest BCUT2D eigenvalue weighted by molar-refractivity contribution is -0.128. The number of amides is 1. The molecule has 0 bridgehead atoms. The SMILES string of the molecule is Cl.Cl.NCC(=O)N1CCC(N2CCCCC2)C1. The van der Waals surface area contributed by atoms with Gasteiger partial charge in [0.2, 0.25) is 5.91 Å². The van der Waals surface area contributed by atoms with Crippen molar-refractivity contribution in [2.45, 2.75) is 31.7 Å². The van der Waals surface area contributed by atoms with Crippen LogP contribution in [0.2, 0.25) is 0 Å². The smallest absolute Gasteiger partial charge is 0.236 e. The van der Waals surface area contributed by atoms with Crippen molar-refractivity contribution in [2.75, 3.05) is 32.7 Å². The van der Waals surface area contributed by atoms with E-state index in [0.29, 0.717) is 6.04 Å². The highest BCUT2D eigenvalue weighted by Gasteiger charge is 2.30. The molecule has 2 saturated heterocycles. The molecule has 0 spiro atoms. The summed E-state index contributed by atoms with van der Waals surface area (Å²) in [5.41, 5.74) is 5.37. The van der Waals surface area contributed by atoms with E-state index in [2.05, 4.69) is 4.90 Å². The molecule has 2 fully saturated rings. The molecule has 17 heavy (non-hydrogen) atoms. The molecule has 0 aromatic heterocycles. The van der Waals surface area contributed by atoms with Crippen LogP contribution in [0, 0.1) is 0 Å². The van der Waals surface area contributed by atoms with Gasteiger partial charge in [-0.2, -0.15) is 0 Å². The van der Waals surface area contributed by atoms with E-state index in [0.717, 1.165) is 19.5 Å². The first-order valence-corrected chi connectivity index (χ1v) is 6.03. The maximum atomic E-state index is 11.4. The average Bonchev–Trinajstić information content (AvgIpc) is 2.78. The first-order chi connectivity index (χ1) is 7.31. The van der Waals surface area contributed by atoms with Gasteiger partial charge in [-0.1, -0.05) is 6.42 Å². The number of hydrogen-bond acceptors (Lipinski definition) is 3. The third-order valence-electron chi connectivity index (χ3n) is 3.60. The highest BCUT2D eigenvalue weighted by molar-refractivity contribution is 5.85. The minimum absolute atomic E-state index is 0. The number of rotatable bonds is 2. The third-order valence-corrected chi connectivity index (χ3v) is 3.60. The maximum absolute atomic E-state index is 11.4. The van der Waals surface area contributed by atoms with Gasteiger partial charge in [-0.05, 0) is 32.4 Å². The van der Waals surface area contributed by atoms with E-state index in [9.17, 15) is 4.79 Å². The predicted octanol–water partition coefficient (Wildman–Crippen LogP) is 0.875. The van der Waals surface area contributed by atoms with Gasteiger partial charge in [-0.25, -0.2) is 0 Å². The van der Waals surface area contributed by atoms with E-state index in [1.165, 1.54) is 32.4 Å². The van der Waals surface area contributed by atoms with Crippen molar-refractivity contribution in [3.05, 3.63) is 0 Å². The zero-order valence-electron chi connectivity index (χ0n) is 10.1. The summed E-state index contributed by atoms with van der Waals surface area (Å²) in [5, 5.41) is 0. The quantitative estimate of drug-likeness (QED) is 0.819. The van der Waals surface area contributed by atoms with Crippen LogP contribution in [0.1, 0.15) is 25.7 Å². The van der Waals surface area contributed by atoms with Crippen LogP contribution >= 0.6 is 24.8 Å². The summed E-state index contributed by atoms with van der Waals surface area (Å²) in [7, 11) is 0. The van der Waals surface area contributed by atoms with Gasteiger partial charge < -0.3 is 10.6 Å². The molecule has 2 heterocycles. The van der Waals surface area contributed by atoms with Crippen molar-refractivity contribution < 1.29 is 4.79 Å². The molecular formula is C11H23Cl2N3O. The van der Waals surface area contributed by atoms with Crippen LogP contribution in [0.4, 0.5) is 0 Å². The van der Waals surface area contributed by atoms with Gasteiger partial charge in [0.15, 0.2) is 0 Å². The standard InChI is InChI=1S/C11H21N3O.2ClH/c12-8-11(15)14-7-4-10(9-14)13-5-2-1-3-6-13;;/h10H,1-9,12H2;2*1H. The lowest BCUT2D eigenvalue weighted by Crippen LogP contribution is -2.42. The average molecular weight is 284 g/mol. The van der Waals surface area contributed by atoms with Crippen molar-refractivity contribution in [3.63, 3.8) is 0 Å². The number of hydrogen-bond donors (Lipinski definition) is 1. The van der Waals surface area contributed by atoms with Gasteiger partial charge in [0, 0.05) is 19.1 Å². The maximum Gasteiger partial charge on any atom is 0.236 e. The largest absolute Gasteiger partial charge is 0.340 e.